The zero-order valence-corrected chi connectivity index (χ0v) is 21.4. The van der Waals surface area contributed by atoms with E-state index in [4.69, 9.17) is 14.0 Å². The normalized spacial score (nSPS) is 11.6. The molecule has 34 heavy (non-hydrogen) atoms. The van der Waals surface area contributed by atoms with Gasteiger partial charge in [-0.3, -0.25) is 4.90 Å². The monoisotopic (exact) mass is 466 g/mol. The molecular formula is C27H38N4O3. The van der Waals surface area contributed by atoms with Crippen LogP contribution in [0.1, 0.15) is 40.2 Å². The molecule has 0 spiro atoms. The molecular weight excluding hydrogens is 428 g/mol. The van der Waals surface area contributed by atoms with Gasteiger partial charge in [-0.25, -0.2) is 0 Å². The fourth-order valence-electron chi connectivity index (χ4n) is 3.86. The largest absolute Gasteiger partial charge is 0.493 e. The van der Waals surface area contributed by atoms with Crippen molar-refractivity contribution in [2.75, 3.05) is 39.9 Å². The van der Waals surface area contributed by atoms with E-state index in [1.54, 1.807) is 7.11 Å². The second-order valence-electron chi connectivity index (χ2n) is 8.52. The van der Waals surface area contributed by atoms with Gasteiger partial charge in [-0.2, -0.15) is 4.98 Å². The lowest BCUT2D eigenvalue weighted by Gasteiger charge is -2.24. The molecule has 0 bridgehead atoms. The highest BCUT2D eigenvalue weighted by atomic mass is 16.5. The van der Waals surface area contributed by atoms with Gasteiger partial charge in [-0.05, 0) is 69.4 Å². The fraction of sp³-hybridized carbons (Fsp3) is 0.481. The van der Waals surface area contributed by atoms with Crippen LogP contribution in [0.15, 0.2) is 47.0 Å². The van der Waals surface area contributed by atoms with Crippen molar-refractivity contribution in [1.82, 2.24) is 19.9 Å². The van der Waals surface area contributed by atoms with Crippen molar-refractivity contribution in [1.29, 1.82) is 0 Å². The highest BCUT2D eigenvalue weighted by Gasteiger charge is 2.15. The molecule has 184 valence electrons. The lowest BCUT2D eigenvalue weighted by atomic mass is 10.1. The van der Waals surface area contributed by atoms with Gasteiger partial charge >= 0.3 is 0 Å². The van der Waals surface area contributed by atoms with Gasteiger partial charge in [0.25, 0.3) is 5.89 Å². The molecule has 7 nitrogen and oxygen atoms in total. The summed E-state index contributed by atoms with van der Waals surface area (Å²) < 4.78 is 17.1. The number of hydrogen-bond donors (Lipinski definition) is 0. The lowest BCUT2D eigenvalue weighted by molar-refractivity contribution is 0.217. The van der Waals surface area contributed by atoms with Crippen molar-refractivity contribution in [2.24, 2.45) is 0 Å². The second kappa shape index (κ2) is 12.5. The van der Waals surface area contributed by atoms with Crippen LogP contribution in [0, 0.1) is 0 Å². The van der Waals surface area contributed by atoms with E-state index in [-0.39, 0.29) is 0 Å². The summed E-state index contributed by atoms with van der Waals surface area (Å²) in [7, 11) is 1.64. The zero-order valence-electron chi connectivity index (χ0n) is 21.4. The molecule has 0 aliphatic heterocycles. The van der Waals surface area contributed by atoms with Crippen LogP contribution in [0.25, 0.3) is 22.8 Å². The van der Waals surface area contributed by atoms with E-state index in [1.807, 2.05) is 30.3 Å². The maximum absolute atomic E-state index is 5.95. The average molecular weight is 467 g/mol. The molecule has 0 N–H and O–H groups in total. The molecule has 3 rings (SSSR count). The average Bonchev–Trinajstić information content (AvgIpc) is 3.35. The summed E-state index contributed by atoms with van der Waals surface area (Å²) in [5.41, 5.74) is 2.98. The maximum Gasteiger partial charge on any atom is 0.258 e. The van der Waals surface area contributed by atoms with E-state index in [0.717, 1.165) is 43.9 Å². The number of benzene rings is 2. The Balaban J connectivity index is 1.69. The number of ether oxygens (including phenoxy) is 2. The topological polar surface area (TPSA) is 63.9 Å². The number of rotatable bonds is 13. The third-order valence-electron chi connectivity index (χ3n) is 6.13. The summed E-state index contributed by atoms with van der Waals surface area (Å²) >= 11 is 0. The Hall–Kier alpha value is -2.90. The molecule has 0 unspecified atom stereocenters. The predicted octanol–water partition coefficient (Wildman–Crippen LogP) is 5.36. The third kappa shape index (κ3) is 6.58. The zero-order chi connectivity index (χ0) is 24.5. The Morgan fingerprint density at radius 1 is 0.912 bits per heavy atom. The molecule has 0 fully saturated rings. The van der Waals surface area contributed by atoms with Crippen molar-refractivity contribution in [2.45, 2.75) is 47.2 Å². The van der Waals surface area contributed by atoms with Gasteiger partial charge in [-0.15, -0.1) is 0 Å². The highest BCUT2D eigenvalue weighted by Crippen LogP contribution is 2.32. The summed E-state index contributed by atoms with van der Waals surface area (Å²) in [5.74, 6) is 2.37. The molecule has 2 aromatic carbocycles. The van der Waals surface area contributed by atoms with Crippen LogP contribution in [0.3, 0.4) is 0 Å². The lowest BCUT2D eigenvalue weighted by Crippen LogP contribution is -2.29. The van der Waals surface area contributed by atoms with Gasteiger partial charge < -0.3 is 18.9 Å². The van der Waals surface area contributed by atoms with Crippen LogP contribution >= 0.6 is 0 Å². The van der Waals surface area contributed by atoms with Crippen molar-refractivity contribution >= 4 is 0 Å². The van der Waals surface area contributed by atoms with E-state index in [1.165, 1.54) is 5.56 Å². The van der Waals surface area contributed by atoms with Crippen molar-refractivity contribution in [3.63, 3.8) is 0 Å². The van der Waals surface area contributed by atoms with Crippen molar-refractivity contribution in [3.8, 4) is 34.3 Å². The summed E-state index contributed by atoms with van der Waals surface area (Å²) in [5, 5.41) is 4.19. The van der Waals surface area contributed by atoms with Crippen molar-refractivity contribution < 1.29 is 14.0 Å². The van der Waals surface area contributed by atoms with E-state index < -0.39 is 0 Å². The summed E-state index contributed by atoms with van der Waals surface area (Å²) in [4.78, 5) is 9.35. The number of aromatic nitrogens is 2. The molecule has 0 radical (unpaired) electrons. The molecule has 3 aromatic rings. The van der Waals surface area contributed by atoms with Crippen LogP contribution < -0.4 is 9.47 Å². The van der Waals surface area contributed by atoms with Gasteiger partial charge in [0, 0.05) is 30.3 Å². The van der Waals surface area contributed by atoms with Crippen LogP contribution in [0.4, 0.5) is 0 Å². The SMILES string of the molecule is CCN(CC)CCOc1ccc(-c2noc(-c3ccc(CN(CC)C(C)C)cc3)n2)cc1OC. The van der Waals surface area contributed by atoms with E-state index in [9.17, 15) is 0 Å². The summed E-state index contributed by atoms with van der Waals surface area (Å²) in [6, 6.07) is 14.5. The van der Waals surface area contributed by atoms with Gasteiger partial charge in [0.2, 0.25) is 5.82 Å². The van der Waals surface area contributed by atoms with Crippen LogP contribution in [0.5, 0.6) is 11.5 Å². The van der Waals surface area contributed by atoms with Crippen LogP contribution in [-0.4, -0.2) is 65.9 Å². The van der Waals surface area contributed by atoms with Crippen molar-refractivity contribution in [3.05, 3.63) is 48.0 Å². The third-order valence-corrected chi connectivity index (χ3v) is 6.13. The van der Waals surface area contributed by atoms with Gasteiger partial charge in [-0.1, -0.05) is 38.1 Å². The fourth-order valence-corrected chi connectivity index (χ4v) is 3.86. The summed E-state index contributed by atoms with van der Waals surface area (Å²) in [6.07, 6.45) is 0. The predicted molar refractivity (Wildman–Crippen MR) is 136 cm³/mol. The van der Waals surface area contributed by atoms with E-state index in [2.05, 4.69) is 66.7 Å². The minimum absolute atomic E-state index is 0.497. The first-order valence-electron chi connectivity index (χ1n) is 12.2. The molecule has 0 saturated carbocycles. The smallest absolute Gasteiger partial charge is 0.258 e. The highest BCUT2D eigenvalue weighted by molar-refractivity contribution is 5.63. The maximum atomic E-state index is 5.95. The van der Waals surface area contributed by atoms with Gasteiger partial charge in [0.15, 0.2) is 11.5 Å². The molecule has 0 aliphatic rings. The number of methoxy groups -OCH3 is 1. The Kier molecular flexibility index (Phi) is 9.48. The minimum atomic E-state index is 0.497. The Morgan fingerprint density at radius 2 is 1.62 bits per heavy atom. The number of hydrogen-bond acceptors (Lipinski definition) is 7. The Labute approximate surface area is 203 Å². The molecule has 0 saturated heterocycles. The second-order valence-corrected chi connectivity index (χ2v) is 8.52. The van der Waals surface area contributed by atoms with Gasteiger partial charge in [0.05, 0.1) is 7.11 Å². The molecule has 1 heterocycles. The molecule has 7 heteroatoms. The number of nitrogens with zero attached hydrogens (tertiary/aromatic N) is 4. The molecule has 0 atom stereocenters. The summed E-state index contributed by atoms with van der Waals surface area (Å²) in [6.45, 7) is 16.4. The molecule has 0 aliphatic carbocycles. The Bertz CT molecular complexity index is 1010. The van der Waals surface area contributed by atoms with Gasteiger partial charge in [0.1, 0.15) is 6.61 Å². The first-order chi connectivity index (χ1) is 16.5. The molecule has 0 amide bonds. The standard InChI is InChI=1S/C27H38N4O3/c1-7-30(8-2)16-17-33-24-15-14-23(18-25(24)32-6)26-28-27(34-29-26)22-12-10-21(11-13-22)19-31(9-3)20(4)5/h10-15,18,20H,7-9,16-17,19H2,1-6H3. The molecule has 1 aromatic heterocycles. The first kappa shape index (κ1) is 25.7. The minimum Gasteiger partial charge on any atom is -0.493 e. The number of likely N-dealkylation sites (N-methyl/N-ethyl adjacent to an activating group) is 1. The van der Waals surface area contributed by atoms with E-state index in [0.29, 0.717) is 35.9 Å². The first-order valence-corrected chi connectivity index (χ1v) is 12.2. The van der Waals surface area contributed by atoms with Crippen LogP contribution in [0.2, 0.25) is 0 Å². The Morgan fingerprint density at radius 3 is 2.24 bits per heavy atom. The quantitative estimate of drug-likeness (QED) is 0.336. The van der Waals surface area contributed by atoms with E-state index >= 15 is 0 Å². The van der Waals surface area contributed by atoms with Crippen LogP contribution in [-0.2, 0) is 6.54 Å².